The largest absolute Gasteiger partial charge is 0.338 e. The van der Waals surface area contributed by atoms with Gasteiger partial charge >= 0.3 is 0 Å². The van der Waals surface area contributed by atoms with Crippen LogP contribution in [0.3, 0.4) is 0 Å². The van der Waals surface area contributed by atoms with E-state index in [0.29, 0.717) is 6.04 Å². The molecular weight excluding hydrogens is 178 g/mol. The molecule has 0 spiro atoms. The van der Waals surface area contributed by atoms with Crippen molar-refractivity contribution in [3.8, 4) is 0 Å². The molecule has 14 heavy (non-hydrogen) atoms. The van der Waals surface area contributed by atoms with Gasteiger partial charge in [-0.1, -0.05) is 6.92 Å². The molecule has 4 nitrogen and oxygen atoms in total. The van der Waals surface area contributed by atoms with E-state index >= 15 is 0 Å². The predicted molar refractivity (Wildman–Crippen MR) is 56.9 cm³/mol. The van der Waals surface area contributed by atoms with Gasteiger partial charge in [-0.2, -0.15) is 0 Å². The van der Waals surface area contributed by atoms with Crippen LogP contribution in [0.2, 0.25) is 0 Å². The second-order valence-corrected chi connectivity index (χ2v) is 4.13. The van der Waals surface area contributed by atoms with Gasteiger partial charge in [0.2, 0.25) is 5.91 Å². The molecule has 0 bridgehead atoms. The molecule has 1 amide bonds. The van der Waals surface area contributed by atoms with E-state index in [1.807, 2.05) is 4.90 Å². The summed E-state index contributed by atoms with van der Waals surface area (Å²) in [6.07, 6.45) is 1.14. The Bertz CT molecular complexity index is 208. The van der Waals surface area contributed by atoms with E-state index in [-0.39, 0.29) is 11.9 Å². The van der Waals surface area contributed by atoms with E-state index in [2.05, 4.69) is 25.8 Å². The minimum Gasteiger partial charge on any atom is -0.338 e. The van der Waals surface area contributed by atoms with Crippen LogP contribution < -0.4 is 5.73 Å². The number of nitrogens with two attached hydrogens (primary N) is 1. The third kappa shape index (κ3) is 2.45. The van der Waals surface area contributed by atoms with Crippen LogP contribution in [0, 0.1) is 0 Å². The van der Waals surface area contributed by atoms with Gasteiger partial charge in [0.25, 0.3) is 0 Å². The molecule has 2 atom stereocenters. The Balaban J connectivity index is 2.18. The van der Waals surface area contributed by atoms with Crippen molar-refractivity contribution >= 4 is 5.91 Å². The van der Waals surface area contributed by atoms with Crippen LogP contribution in [0.5, 0.6) is 0 Å². The average molecular weight is 199 g/mol. The zero-order chi connectivity index (χ0) is 10.7. The van der Waals surface area contributed by atoms with Crippen LogP contribution >= 0.6 is 0 Å². The fourth-order valence-electron chi connectivity index (χ4n) is 1.54. The van der Waals surface area contributed by atoms with Gasteiger partial charge in [-0.25, -0.2) is 0 Å². The number of amides is 1. The second-order valence-electron chi connectivity index (χ2n) is 4.13. The summed E-state index contributed by atoms with van der Waals surface area (Å²) < 4.78 is 0. The van der Waals surface area contributed by atoms with Gasteiger partial charge in [0, 0.05) is 25.7 Å². The van der Waals surface area contributed by atoms with Gasteiger partial charge in [0.05, 0.1) is 0 Å². The van der Waals surface area contributed by atoms with Gasteiger partial charge in [0.15, 0.2) is 0 Å². The fraction of sp³-hybridized carbons (Fsp3) is 0.900. The molecule has 1 fully saturated rings. The number of carbonyl (C=O) groups excluding carboxylic acids is 1. The summed E-state index contributed by atoms with van der Waals surface area (Å²) in [4.78, 5) is 15.3. The van der Waals surface area contributed by atoms with E-state index in [1.54, 1.807) is 0 Å². The van der Waals surface area contributed by atoms with Gasteiger partial charge in [-0.3, -0.25) is 4.79 Å². The summed E-state index contributed by atoms with van der Waals surface area (Å²) in [6, 6.07) is 0.351. The van der Waals surface area contributed by atoms with Gasteiger partial charge in [0.1, 0.15) is 6.04 Å². The van der Waals surface area contributed by atoms with E-state index < -0.39 is 0 Å². The minimum absolute atomic E-state index is 0.0996. The molecule has 0 aromatic rings. The quantitative estimate of drug-likeness (QED) is 0.628. The molecule has 0 radical (unpaired) electrons. The summed E-state index contributed by atoms with van der Waals surface area (Å²) in [6.45, 7) is 6.85. The van der Waals surface area contributed by atoms with Crippen LogP contribution in [0.4, 0.5) is 0 Å². The standard InChI is InChI=1S/C10H21N3O/c1-4-8(2)12(3)5-6-13-7-9(11)10(13)14/h8-9H,4-7,11H2,1-3H3. The Labute approximate surface area is 86.0 Å². The summed E-state index contributed by atoms with van der Waals surface area (Å²) in [7, 11) is 2.10. The molecule has 2 unspecified atom stereocenters. The Morgan fingerprint density at radius 2 is 2.36 bits per heavy atom. The number of nitrogens with zero attached hydrogens (tertiary/aromatic N) is 2. The van der Waals surface area contributed by atoms with Crippen molar-refractivity contribution in [1.82, 2.24) is 9.80 Å². The highest BCUT2D eigenvalue weighted by molar-refractivity contribution is 5.87. The number of hydrogen-bond acceptors (Lipinski definition) is 3. The molecule has 0 aliphatic carbocycles. The molecule has 1 heterocycles. The molecule has 1 rings (SSSR count). The third-order valence-electron chi connectivity index (χ3n) is 3.11. The van der Waals surface area contributed by atoms with Crippen molar-refractivity contribution in [1.29, 1.82) is 0 Å². The van der Waals surface area contributed by atoms with E-state index in [4.69, 9.17) is 5.73 Å². The van der Waals surface area contributed by atoms with Crippen LogP contribution in [0.15, 0.2) is 0 Å². The maximum absolute atomic E-state index is 11.2. The van der Waals surface area contributed by atoms with Crippen molar-refractivity contribution in [3.63, 3.8) is 0 Å². The number of β-lactam (4-membered cyclic amide) rings is 1. The third-order valence-corrected chi connectivity index (χ3v) is 3.11. The Morgan fingerprint density at radius 3 is 2.79 bits per heavy atom. The van der Waals surface area contributed by atoms with Crippen molar-refractivity contribution in [2.24, 2.45) is 5.73 Å². The maximum Gasteiger partial charge on any atom is 0.241 e. The Morgan fingerprint density at radius 1 is 1.71 bits per heavy atom. The van der Waals surface area contributed by atoms with Crippen molar-refractivity contribution < 1.29 is 4.79 Å². The highest BCUT2D eigenvalue weighted by Gasteiger charge is 2.32. The SMILES string of the molecule is CCC(C)N(C)CCN1CC(N)C1=O. The van der Waals surface area contributed by atoms with E-state index in [1.165, 1.54) is 0 Å². The second kappa shape index (κ2) is 4.75. The van der Waals surface area contributed by atoms with E-state index in [9.17, 15) is 4.79 Å². The van der Waals surface area contributed by atoms with Crippen LogP contribution in [-0.2, 0) is 4.79 Å². The highest BCUT2D eigenvalue weighted by atomic mass is 16.2. The molecule has 2 N–H and O–H groups in total. The molecule has 1 aliphatic rings. The number of hydrogen-bond donors (Lipinski definition) is 1. The Kier molecular flexibility index (Phi) is 3.89. The number of likely N-dealkylation sites (tertiary alicyclic amines) is 1. The van der Waals surface area contributed by atoms with Crippen LogP contribution in [-0.4, -0.2) is 54.5 Å². The lowest BCUT2D eigenvalue weighted by atomic mass is 10.1. The van der Waals surface area contributed by atoms with Crippen molar-refractivity contribution in [2.45, 2.75) is 32.4 Å². The summed E-state index contributed by atoms with van der Waals surface area (Å²) in [5.41, 5.74) is 5.50. The lowest BCUT2D eigenvalue weighted by Gasteiger charge is -2.37. The van der Waals surface area contributed by atoms with Crippen LogP contribution in [0.1, 0.15) is 20.3 Å². The molecule has 0 aromatic carbocycles. The molecule has 82 valence electrons. The molecule has 1 aliphatic heterocycles. The van der Waals surface area contributed by atoms with Gasteiger partial charge in [-0.15, -0.1) is 0 Å². The topological polar surface area (TPSA) is 49.6 Å². The zero-order valence-corrected chi connectivity index (χ0v) is 9.36. The first-order valence-electron chi connectivity index (χ1n) is 5.30. The molecule has 4 heteroatoms. The van der Waals surface area contributed by atoms with Crippen LogP contribution in [0.25, 0.3) is 0 Å². The first-order chi connectivity index (χ1) is 6.56. The lowest BCUT2D eigenvalue weighted by molar-refractivity contribution is -0.142. The molecular formula is C10H21N3O. The average Bonchev–Trinajstić information content (AvgIpc) is 2.21. The first-order valence-corrected chi connectivity index (χ1v) is 5.30. The van der Waals surface area contributed by atoms with Crippen molar-refractivity contribution in [2.75, 3.05) is 26.7 Å². The molecule has 0 aromatic heterocycles. The summed E-state index contributed by atoms with van der Waals surface area (Å²) >= 11 is 0. The van der Waals surface area contributed by atoms with Gasteiger partial charge < -0.3 is 15.5 Å². The van der Waals surface area contributed by atoms with Gasteiger partial charge in [-0.05, 0) is 20.4 Å². The minimum atomic E-state index is -0.232. The number of carbonyl (C=O) groups is 1. The zero-order valence-electron chi connectivity index (χ0n) is 9.36. The normalized spacial score (nSPS) is 23.9. The monoisotopic (exact) mass is 199 g/mol. The fourth-order valence-corrected chi connectivity index (χ4v) is 1.54. The summed E-state index contributed by atoms with van der Waals surface area (Å²) in [5, 5.41) is 0. The molecule has 1 saturated heterocycles. The predicted octanol–water partition coefficient (Wildman–Crippen LogP) is -0.114. The molecule has 0 saturated carbocycles. The van der Waals surface area contributed by atoms with Crippen molar-refractivity contribution in [3.05, 3.63) is 0 Å². The summed E-state index contributed by atoms with van der Waals surface area (Å²) in [5.74, 6) is 0.0996. The smallest absolute Gasteiger partial charge is 0.241 e. The highest BCUT2D eigenvalue weighted by Crippen LogP contribution is 2.08. The lowest BCUT2D eigenvalue weighted by Crippen LogP contribution is -2.62. The van der Waals surface area contributed by atoms with E-state index in [0.717, 1.165) is 26.1 Å². The first kappa shape index (κ1) is 11.5. The maximum atomic E-state index is 11.2. The number of rotatable bonds is 5. The Hall–Kier alpha value is -0.610. The number of likely N-dealkylation sites (N-methyl/N-ethyl adjacent to an activating group) is 1.